The second-order valence-electron chi connectivity index (χ2n) is 10.8. The number of morpholine rings is 1. The van der Waals surface area contributed by atoms with Crippen molar-refractivity contribution in [3.8, 4) is 5.75 Å². The van der Waals surface area contributed by atoms with Crippen molar-refractivity contribution in [2.45, 2.75) is 43.9 Å². The summed E-state index contributed by atoms with van der Waals surface area (Å²) in [5.41, 5.74) is 3.67. The van der Waals surface area contributed by atoms with Crippen LogP contribution in [0.5, 0.6) is 5.75 Å². The van der Waals surface area contributed by atoms with Crippen molar-refractivity contribution >= 4 is 35.0 Å². The number of methoxy groups -OCH3 is 1. The predicted octanol–water partition coefficient (Wildman–Crippen LogP) is 4.60. The van der Waals surface area contributed by atoms with E-state index in [0.29, 0.717) is 17.8 Å². The Morgan fingerprint density at radius 1 is 1.04 bits per heavy atom. The Labute approximate surface area is 256 Å². The summed E-state index contributed by atoms with van der Waals surface area (Å²) < 4.78 is 66.5. The number of hydrogen-bond acceptors (Lipinski definition) is 9. The van der Waals surface area contributed by atoms with Crippen LogP contribution in [0.25, 0.3) is 0 Å². The first-order valence-electron chi connectivity index (χ1n) is 14.4. The second-order valence-corrected chi connectivity index (χ2v) is 10.8. The molecule has 15 heteroatoms. The van der Waals surface area contributed by atoms with Crippen LogP contribution in [0.4, 0.5) is 40.7 Å². The van der Waals surface area contributed by atoms with Crippen LogP contribution in [0, 0.1) is 5.82 Å². The summed E-state index contributed by atoms with van der Waals surface area (Å²) in [6.45, 7) is 3.36. The molecular weight excluding hydrogens is 598 g/mol. The number of nitrogens with two attached hydrogens (primary N) is 1. The molecule has 11 nitrogen and oxygen atoms in total. The van der Waals surface area contributed by atoms with Crippen LogP contribution >= 0.6 is 0 Å². The summed E-state index contributed by atoms with van der Waals surface area (Å²) in [5.74, 6) is -3.25. The van der Waals surface area contributed by atoms with Crippen molar-refractivity contribution in [1.29, 1.82) is 0 Å². The number of rotatable bonds is 9. The highest BCUT2D eigenvalue weighted by atomic mass is 19.4. The molecule has 1 aliphatic heterocycles. The van der Waals surface area contributed by atoms with Gasteiger partial charge >= 0.3 is 6.18 Å². The first-order valence-corrected chi connectivity index (χ1v) is 14.4. The van der Waals surface area contributed by atoms with Crippen LogP contribution in [0.15, 0.2) is 42.6 Å². The number of anilines is 4. The minimum Gasteiger partial charge on any atom is -0.495 e. The summed E-state index contributed by atoms with van der Waals surface area (Å²) in [6, 6.07) is 8.47. The molecule has 1 saturated heterocycles. The maximum atomic E-state index is 14.2. The van der Waals surface area contributed by atoms with Gasteiger partial charge in [-0.2, -0.15) is 18.2 Å². The number of ether oxygens (including phenoxy) is 2. The molecule has 1 saturated carbocycles. The highest BCUT2D eigenvalue weighted by Gasteiger charge is 2.36. The van der Waals surface area contributed by atoms with E-state index in [0.717, 1.165) is 58.1 Å². The molecule has 3 aromatic rings. The zero-order chi connectivity index (χ0) is 32.1. The largest absolute Gasteiger partial charge is 0.495 e. The monoisotopic (exact) mass is 631 g/mol. The Balaban J connectivity index is 1.30. The number of halogens is 4. The average molecular weight is 632 g/mol. The molecule has 2 amide bonds. The molecule has 5 N–H and O–H groups in total. The molecule has 2 fully saturated rings. The number of alkyl halides is 3. The van der Waals surface area contributed by atoms with E-state index in [1.807, 2.05) is 0 Å². The van der Waals surface area contributed by atoms with E-state index in [1.54, 1.807) is 6.07 Å². The van der Waals surface area contributed by atoms with Gasteiger partial charge in [-0.05, 0) is 56.0 Å². The third-order valence-corrected chi connectivity index (χ3v) is 7.91. The lowest BCUT2D eigenvalue weighted by Crippen LogP contribution is -2.47. The highest BCUT2D eigenvalue weighted by Crippen LogP contribution is 2.37. The van der Waals surface area contributed by atoms with Gasteiger partial charge in [0.05, 0.1) is 37.3 Å². The number of carbonyl (C=O) groups is 2. The predicted molar refractivity (Wildman–Crippen MR) is 157 cm³/mol. The number of hydrogen-bond donors (Lipinski definition) is 4. The quantitative estimate of drug-likeness (QED) is 0.249. The van der Waals surface area contributed by atoms with Crippen LogP contribution in [0.2, 0.25) is 0 Å². The van der Waals surface area contributed by atoms with E-state index in [2.05, 4.69) is 30.8 Å². The fraction of sp³-hybridized carbons (Fsp3) is 0.400. The molecule has 5 rings (SSSR count). The van der Waals surface area contributed by atoms with Crippen LogP contribution in [0.3, 0.4) is 0 Å². The van der Waals surface area contributed by atoms with E-state index in [-0.39, 0.29) is 35.0 Å². The third-order valence-electron chi connectivity index (χ3n) is 7.91. The third kappa shape index (κ3) is 7.60. The molecule has 1 aliphatic carbocycles. The Morgan fingerprint density at radius 3 is 2.44 bits per heavy atom. The van der Waals surface area contributed by atoms with Gasteiger partial charge in [0.25, 0.3) is 11.8 Å². The van der Waals surface area contributed by atoms with Gasteiger partial charge in [0, 0.05) is 36.9 Å². The molecule has 1 aromatic heterocycles. The minimum absolute atomic E-state index is 0.0400. The molecule has 0 radical (unpaired) electrons. The molecule has 0 bridgehead atoms. The van der Waals surface area contributed by atoms with E-state index in [4.69, 9.17) is 15.2 Å². The molecule has 0 atom stereocenters. The summed E-state index contributed by atoms with van der Waals surface area (Å²) in [5, 5.41) is 8.25. The van der Waals surface area contributed by atoms with Gasteiger partial charge in [-0.15, -0.1) is 0 Å². The molecule has 45 heavy (non-hydrogen) atoms. The maximum Gasteiger partial charge on any atom is 0.421 e. The number of primary amides is 1. The van der Waals surface area contributed by atoms with Crippen molar-refractivity contribution in [3.05, 3.63) is 65.1 Å². The lowest BCUT2D eigenvalue weighted by molar-refractivity contribution is -0.137. The van der Waals surface area contributed by atoms with E-state index in [9.17, 15) is 27.2 Å². The van der Waals surface area contributed by atoms with E-state index < -0.39 is 34.8 Å². The topological polar surface area (TPSA) is 144 Å². The van der Waals surface area contributed by atoms with E-state index in [1.165, 1.54) is 31.4 Å². The molecule has 0 unspecified atom stereocenters. The van der Waals surface area contributed by atoms with Gasteiger partial charge in [0.1, 0.15) is 22.9 Å². The van der Waals surface area contributed by atoms with Gasteiger partial charge in [0.2, 0.25) is 5.95 Å². The fourth-order valence-corrected chi connectivity index (χ4v) is 5.60. The molecule has 240 valence electrons. The number of nitrogens with one attached hydrogen (secondary N) is 3. The Kier molecular flexibility index (Phi) is 9.68. The first-order chi connectivity index (χ1) is 21.5. The Hall–Kier alpha value is -4.50. The normalized spacial score (nSPS) is 19.0. The lowest BCUT2D eigenvalue weighted by atomic mass is 9.89. The first kappa shape index (κ1) is 31.9. The molecular formula is C30H33F4N7O4. The van der Waals surface area contributed by atoms with Crippen LogP contribution in [-0.2, 0) is 10.9 Å². The van der Waals surface area contributed by atoms with Crippen molar-refractivity contribution in [3.63, 3.8) is 0 Å². The van der Waals surface area contributed by atoms with Crippen molar-refractivity contribution in [2.24, 2.45) is 5.73 Å². The molecule has 2 aliphatic rings. The van der Waals surface area contributed by atoms with Gasteiger partial charge in [-0.25, -0.2) is 9.37 Å². The van der Waals surface area contributed by atoms with E-state index >= 15 is 0 Å². The van der Waals surface area contributed by atoms with Gasteiger partial charge in [-0.3, -0.25) is 14.5 Å². The fourth-order valence-electron chi connectivity index (χ4n) is 5.60. The summed E-state index contributed by atoms with van der Waals surface area (Å²) in [4.78, 5) is 35.0. The van der Waals surface area contributed by atoms with Gasteiger partial charge in [-0.1, -0.05) is 6.07 Å². The summed E-state index contributed by atoms with van der Waals surface area (Å²) in [6.07, 6.45) is -0.627. The second kappa shape index (κ2) is 13.6. The number of carbonyl (C=O) groups excluding carboxylic acids is 2. The van der Waals surface area contributed by atoms with Crippen LogP contribution < -0.4 is 26.4 Å². The SMILES string of the molecule is COc1cc(C(=O)N[C@H]2CC[C@H](N3CCOCC3)CC2)ccc1Nc1ncc(C(F)(F)F)c(Nc2cccc(F)c2C(N)=O)n1. The highest BCUT2D eigenvalue weighted by molar-refractivity contribution is 5.99. The molecule has 2 heterocycles. The maximum absolute atomic E-state index is 14.2. The average Bonchev–Trinajstić information content (AvgIpc) is 3.01. The van der Waals surface area contributed by atoms with Crippen molar-refractivity contribution in [1.82, 2.24) is 20.2 Å². The standard InChI is InChI=1S/C30H33F4N7O4/c1-44-24-15-17(28(43)37-18-6-8-19(9-7-18)41-11-13-45-14-12-41)5-10-22(24)39-29-36-16-20(30(32,33)34)27(40-29)38-23-4-2-3-21(31)25(23)26(35)42/h2-5,10,15-16,18-19H,6-9,11-14H2,1H3,(H2,35,42)(H,37,43)(H2,36,38,39,40)/t18-,19-. The smallest absolute Gasteiger partial charge is 0.421 e. The van der Waals surface area contributed by atoms with Gasteiger partial charge < -0.3 is 31.2 Å². The Bertz CT molecular complexity index is 1540. The zero-order valence-corrected chi connectivity index (χ0v) is 24.4. The van der Waals surface area contributed by atoms with Crippen LogP contribution in [0.1, 0.15) is 52.0 Å². The van der Waals surface area contributed by atoms with Crippen molar-refractivity contribution in [2.75, 3.05) is 44.0 Å². The van der Waals surface area contributed by atoms with Gasteiger partial charge in [0.15, 0.2) is 0 Å². The van der Waals surface area contributed by atoms with Crippen molar-refractivity contribution < 1.29 is 36.6 Å². The summed E-state index contributed by atoms with van der Waals surface area (Å²) >= 11 is 0. The molecule has 2 aromatic carbocycles. The van der Waals surface area contributed by atoms with Crippen LogP contribution in [-0.4, -0.2) is 72.2 Å². The molecule has 0 spiro atoms. The number of nitrogens with zero attached hydrogens (tertiary/aromatic N) is 3. The lowest BCUT2D eigenvalue weighted by Gasteiger charge is -2.38. The zero-order valence-electron chi connectivity index (χ0n) is 24.4. The summed E-state index contributed by atoms with van der Waals surface area (Å²) in [7, 11) is 1.38. The number of amides is 2. The Morgan fingerprint density at radius 2 is 1.78 bits per heavy atom. The number of benzene rings is 2. The minimum atomic E-state index is -4.88. The number of aromatic nitrogens is 2.